The number of nitrogens with zero attached hydrogens (tertiary/aromatic N) is 3. The van der Waals surface area contributed by atoms with E-state index in [-0.39, 0.29) is 10.6 Å². The number of halogens is 2. The summed E-state index contributed by atoms with van der Waals surface area (Å²) in [5, 5.41) is 2.20. The lowest BCUT2D eigenvalue weighted by Crippen LogP contribution is -1.93. The lowest BCUT2D eigenvalue weighted by atomic mass is 10.0. The van der Waals surface area contributed by atoms with Crippen LogP contribution in [0.2, 0.25) is 10.6 Å². The molecular weight excluding hydrogens is 381 g/mol. The number of benzene rings is 3. The maximum Gasteiger partial charge on any atom is 0.227 e. The Morgan fingerprint density at radius 1 is 0.667 bits per heavy atom. The minimum Gasteiger partial charge on any atom is -0.455 e. The highest BCUT2D eigenvalue weighted by Crippen LogP contribution is 2.37. The van der Waals surface area contributed by atoms with Crippen molar-refractivity contribution in [2.24, 2.45) is 0 Å². The SMILES string of the molecule is Clc1nc(Cl)nc(-c2ccc3c(c2)oc2c(-c4ccccc4)cccc23)n1. The second-order valence-electron chi connectivity index (χ2n) is 6.06. The van der Waals surface area contributed by atoms with Crippen LogP contribution >= 0.6 is 23.2 Å². The van der Waals surface area contributed by atoms with Crippen LogP contribution in [0.15, 0.2) is 71.1 Å². The quantitative estimate of drug-likeness (QED) is 0.348. The molecule has 3 aromatic carbocycles. The minimum atomic E-state index is 0.0565. The molecule has 5 rings (SSSR count). The molecule has 2 heterocycles. The van der Waals surface area contributed by atoms with Crippen LogP contribution in [0.1, 0.15) is 0 Å². The lowest BCUT2D eigenvalue weighted by Gasteiger charge is -2.01. The third-order valence-corrected chi connectivity index (χ3v) is 4.76. The number of fused-ring (bicyclic) bond motifs is 3. The molecule has 6 heteroatoms. The Balaban J connectivity index is 1.73. The van der Waals surface area contributed by atoms with Crippen molar-refractivity contribution in [2.45, 2.75) is 0 Å². The number of hydrogen-bond acceptors (Lipinski definition) is 4. The fourth-order valence-electron chi connectivity index (χ4n) is 3.24. The van der Waals surface area contributed by atoms with Crippen LogP contribution in [0.25, 0.3) is 44.5 Å². The summed E-state index contributed by atoms with van der Waals surface area (Å²) in [6.07, 6.45) is 0. The van der Waals surface area contributed by atoms with E-state index in [4.69, 9.17) is 27.6 Å². The smallest absolute Gasteiger partial charge is 0.227 e. The fourth-order valence-corrected chi connectivity index (χ4v) is 3.60. The summed E-state index contributed by atoms with van der Waals surface area (Å²) in [7, 11) is 0. The minimum absolute atomic E-state index is 0.0565. The van der Waals surface area contributed by atoms with Gasteiger partial charge >= 0.3 is 0 Å². The van der Waals surface area contributed by atoms with Crippen molar-refractivity contribution < 1.29 is 4.42 Å². The summed E-state index contributed by atoms with van der Waals surface area (Å²) in [4.78, 5) is 12.1. The molecule has 5 aromatic rings. The number of para-hydroxylation sites is 1. The van der Waals surface area contributed by atoms with Crippen LogP contribution in [0.4, 0.5) is 0 Å². The molecule has 0 fully saturated rings. The summed E-state index contributed by atoms with van der Waals surface area (Å²) in [5.41, 5.74) is 4.52. The van der Waals surface area contributed by atoms with Crippen LogP contribution in [0.3, 0.4) is 0 Å². The van der Waals surface area contributed by atoms with Gasteiger partial charge in [-0.25, -0.2) is 0 Å². The highest BCUT2D eigenvalue weighted by Gasteiger charge is 2.14. The molecule has 0 unspecified atom stereocenters. The van der Waals surface area contributed by atoms with Gasteiger partial charge in [-0.1, -0.05) is 54.6 Å². The van der Waals surface area contributed by atoms with Gasteiger partial charge in [0.1, 0.15) is 11.2 Å². The molecule has 0 saturated heterocycles. The Morgan fingerprint density at radius 2 is 1.44 bits per heavy atom. The van der Waals surface area contributed by atoms with Gasteiger partial charge in [-0.2, -0.15) is 15.0 Å². The van der Waals surface area contributed by atoms with E-state index in [1.165, 1.54) is 0 Å². The Bertz CT molecular complexity index is 1280. The first kappa shape index (κ1) is 16.2. The predicted molar refractivity (Wildman–Crippen MR) is 108 cm³/mol. The van der Waals surface area contributed by atoms with Crippen molar-refractivity contribution in [1.82, 2.24) is 15.0 Å². The average molecular weight is 392 g/mol. The molecule has 0 radical (unpaired) electrons. The Kier molecular flexibility index (Phi) is 3.81. The van der Waals surface area contributed by atoms with Crippen molar-refractivity contribution in [3.63, 3.8) is 0 Å². The maximum atomic E-state index is 6.22. The van der Waals surface area contributed by atoms with Crippen molar-refractivity contribution in [3.05, 3.63) is 77.3 Å². The number of rotatable bonds is 2. The fraction of sp³-hybridized carbons (Fsp3) is 0. The molecule has 130 valence electrons. The highest BCUT2D eigenvalue weighted by atomic mass is 35.5. The summed E-state index contributed by atoms with van der Waals surface area (Å²) in [5.74, 6) is 0.408. The van der Waals surface area contributed by atoms with Crippen molar-refractivity contribution in [2.75, 3.05) is 0 Å². The summed E-state index contributed by atoms with van der Waals surface area (Å²) >= 11 is 11.8. The van der Waals surface area contributed by atoms with E-state index in [1.54, 1.807) is 0 Å². The zero-order valence-electron chi connectivity index (χ0n) is 13.9. The van der Waals surface area contributed by atoms with E-state index >= 15 is 0 Å². The van der Waals surface area contributed by atoms with Crippen molar-refractivity contribution in [1.29, 1.82) is 0 Å². The van der Waals surface area contributed by atoms with Gasteiger partial charge in [-0.05, 0) is 40.9 Å². The van der Waals surface area contributed by atoms with Gasteiger partial charge < -0.3 is 4.42 Å². The van der Waals surface area contributed by atoms with Crippen LogP contribution in [-0.4, -0.2) is 15.0 Å². The third-order valence-electron chi connectivity index (χ3n) is 4.42. The van der Waals surface area contributed by atoms with Gasteiger partial charge in [0.2, 0.25) is 10.6 Å². The molecule has 0 atom stereocenters. The number of aromatic nitrogens is 3. The first-order chi connectivity index (χ1) is 13.2. The van der Waals surface area contributed by atoms with Crippen LogP contribution in [0.5, 0.6) is 0 Å². The molecule has 0 aliphatic heterocycles. The van der Waals surface area contributed by atoms with Crippen molar-refractivity contribution in [3.8, 4) is 22.5 Å². The van der Waals surface area contributed by atoms with E-state index in [9.17, 15) is 0 Å². The van der Waals surface area contributed by atoms with E-state index < -0.39 is 0 Å². The molecule has 0 spiro atoms. The highest BCUT2D eigenvalue weighted by molar-refractivity contribution is 6.31. The average Bonchev–Trinajstić information content (AvgIpc) is 3.06. The molecule has 0 amide bonds. The molecule has 2 aromatic heterocycles. The Hall–Kier alpha value is -2.95. The number of furan rings is 1. The van der Waals surface area contributed by atoms with E-state index in [0.29, 0.717) is 5.82 Å². The lowest BCUT2D eigenvalue weighted by molar-refractivity contribution is 0.670. The van der Waals surface area contributed by atoms with Gasteiger partial charge in [0.15, 0.2) is 5.82 Å². The molecule has 0 aliphatic rings. The molecule has 27 heavy (non-hydrogen) atoms. The summed E-state index contributed by atoms with van der Waals surface area (Å²) in [6, 6.07) is 22.2. The topological polar surface area (TPSA) is 51.8 Å². The first-order valence-electron chi connectivity index (χ1n) is 8.27. The molecule has 0 N–H and O–H groups in total. The zero-order chi connectivity index (χ0) is 18.4. The first-order valence-corrected chi connectivity index (χ1v) is 9.03. The third kappa shape index (κ3) is 2.83. The van der Waals surface area contributed by atoms with Crippen LogP contribution in [0, 0.1) is 0 Å². The Morgan fingerprint density at radius 3 is 2.22 bits per heavy atom. The maximum absolute atomic E-state index is 6.22. The zero-order valence-corrected chi connectivity index (χ0v) is 15.4. The summed E-state index contributed by atoms with van der Waals surface area (Å²) < 4.78 is 6.22. The van der Waals surface area contributed by atoms with Crippen LogP contribution < -0.4 is 0 Å². The van der Waals surface area contributed by atoms with Gasteiger partial charge in [-0.15, -0.1) is 0 Å². The standard InChI is InChI=1S/C21H11Cl2N3O/c22-20-24-19(25-21(23)26-20)13-9-10-15-16-8-4-7-14(12-5-2-1-3-6-12)18(16)27-17(15)11-13/h1-11H. The van der Waals surface area contributed by atoms with E-state index in [1.807, 2.05) is 42.5 Å². The van der Waals surface area contributed by atoms with E-state index in [0.717, 1.165) is 38.6 Å². The second-order valence-corrected chi connectivity index (χ2v) is 6.73. The van der Waals surface area contributed by atoms with Gasteiger partial charge in [0.25, 0.3) is 0 Å². The molecule has 0 bridgehead atoms. The second kappa shape index (κ2) is 6.34. The molecular formula is C21H11Cl2N3O. The predicted octanol–water partition coefficient (Wildman–Crippen LogP) is 6.41. The van der Waals surface area contributed by atoms with Crippen LogP contribution in [-0.2, 0) is 0 Å². The molecule has 0 saturated carbocycles. The number of hydrogen-bond donors (Lipinski definition) is 0. The molecule has 0 aliphatic carbocycles. The van der Waals surface area contributed by atoms with Gasteiger partial charge in [-0.3, -0.25) is 0 Å². The van der Waals surface area contributed by atoms with Gasteiger partial charge in [0.05, 0.1) is 0 Å². The largest absolute Gasteiger partial charge is 0.455 e. The van der Waals surface area contributed by atoms with Gasteiger partial charge in [0, 0.05) is 21.9 Å². The van der Waals surface area contributed by atoms with Crippen molar-refractivity contribution >= 4 is 45.1 Å². The monoisotopic (exact) mass is 391 g/mol. The Labute approximate surface area is 164 Å². The molecule has 4 nitrogen and oxygen atoms in total. The van der Waals surface area contributed by atoms with E-state index in [2.05, 4.69) is 39.2 Å². The normalized spacial score (nSPS) is 11.3. The summed E-state index contributed by atoms with van der Waals surface area (Å²) in [6.45, 7) is 0.